The number of hydrogen-bond acceptors (Lipinski definition) is 6. The van der Waals surface area contributed by atoms with Crippen molar-refractivity contribution in [3.05, 3.63) is 41.5 Å². The summed E-state index contributed by atoms with van der Waals surface area (Å²) >= 11 is 0. The van der Waals surface area contributed by atoms with E-state index in [0.717, 1.165) is 19.6 Å². The topological polar surface area (TPSA) is 85.2 Å². The van der Waals surface area contributed by atoms with Gasteiger partial charge in [-0.1, -0.05) is 26.0 Å². The molecule has 0 unspecified atom stereocenters. The fourth-order valence-electron chi connectivity index (χ4n) is 3.62. The summed E-state index contributed by atoms with van der Waals surface area (Å²) in [5, 5.41) is 14.5. The molecule has 1 aromatic carbocycles. The zero-order valence-corrected chi connectivity index (χ0v) is 17.2. The van der Waals surface area contributed by atoms with Gasteiger partial charge in [0, 0.05) is 32.6 Å². The first-order valence-electron chi connectivity index (χ1n) is 10.0. The highest BCUT2D eigenvalue weighted by atomic mass is 19.1. The lowest BCUT2D eigenvalue weighted by atomic mass is 10.0. The molecule has 1 fully saturated rings. The molecular formula is C20H29FN6O2. The third-order valence-electron chi connectivity index (χ3n) is 4.92. The van der Waals surface area contributed by atoms with E-state index in [-0.39, 0.29) is 17.8 Å². The molecule has 3 rings (SSSR count). The summed E-state index contributed by atoms with van der Waals surface area (Å²) in [5.41, 5.74) is 0.706. The van der Waals surface area contributed by atoms with E-state index in [1.54, 1.807) is 19.1 Å². The van der Waals surface area contributed by atoms with Crippen LogP contribution in [0.15, 0.2) is 24.3 Å². The number of halogens is 1. The molecule has 0 spiro atoms. The predicted octanol–water partition coefficient (Wildman–Crippen LogP) is 1.38. The van der Waals surface area contributed by atoms with Crippen molar-refractivity contribution in [2.45, 2.75) is 39.3 Å². The van der Waals surface area contributed by atoms with E-state index in [1.165, 1.54) is 16.8 Å². The van der Waals surface area contributed by atoms with Crippen LogP contribution in [-0.4, -0.2) is 69.9 Å². The van der Waals surface area contributed by atoms with Crippen molar-refractivity contribution in [2.24, 2.45) is 5.92 Å². The summed E-state index contributed by atoms with van der Waals surface area (Å²) in [5.74, 6) is 0.561. The van der Waals surface area contributed by atoms with Crippen LogP contribution in [0.25, 0.3) is 0 Å². The predicted molar refractivity (Wildman–Crippen MR) is 106 cm³/mol. The molecule has 2 heterocycles. The first kappa shape index (κ1) is 21.3. The van der Waals surface area contributed by atoms with Gasteiger partial charge in [0.2, 0.25) is 5.91 Å². The maximum Gasteiger partial charge on any atom is 0.245 e. The highest BCUT2D eigenvalue weighted by Crippen LogP contribution is 2.16. The molecular weight excluding hydrogens is 375 g/mol. The van der Waals surface area contributed by atoms with Gasteiger partial charge in [0.15, 0.2) is 0 Å². The van der Waals surface area contributed by atoms with Crippen molar-refractivity contribution < 1.29 is 13.9 Å². The van der Waals surface area contributed by atoms with E-state index >= 15 is 0 Å². The van der Waals surface area contributed by atoms with Crippen molar-refractivity contribution >= 4 is 5.91 Å². The van der Waals surface area contributed by atoms with E-state index in [1.807, 2.05) is 0 Å². The average molecular weight is 404 g/mol. The van der Waals surface area contributed by atoms with Gasteiger partial charge in [-0.3, -0.25) is 9.69 Å². The van der Waals surface area contributed by atoms with Crippen LogP contribution >= 0.6 is 0 Å². The van der Waals surface area contributed by atoms with Gasteiger partial charge >= 0.3 is 0 Å². The van der Waals surface area contributed by atoms with Gasteiger partial charge in [0.05, 0.1) is 12.7 Å². The monoisotopic (exact) mass is 404 g/mol. The highest BCUT2D eigenvalue weighted by molar-refractivity contribution is 5.80. The zero-order valence-electron chi connectivity index (χ0n) is 17.2. The summed E-state index contributed by atoms with van der Waals surface area (Å²) in [6, 6.07) is 5.56. The number of nitrogens with zero attached hydrogens (tertiary/aromatic N) is 5. The van der Waals surface area contributed by atoms with Gasteiger partial charge in [0.25, 0.3) is 0 Å². The van der Waals surface area contributed by atoms with Gasteiger partial charge in [0.1, 0.15) is 17.7 Å². The summed E-state index contributed by atoms with van der Waals surface area (Å²) in [7, 11) is 0. The zero-order chi connectivity index (χ0) is 20.8. The molecule has 29 heavy (non-hydrogen) atoms. The Kier molecular flexibility index (Phi) is 7.27. The number of rotatable bonds is 8. The number of carbonyl (C=O) groups excluding carboxylic acids is 1. The Bertz CT molecular complexity index is 812. The van der Waals surface area contributed by atoms with E-state index in [4.69, 9.17) is 4.74 Å². The van der Waals surface area contributed by atoms with Crippen LogP contribution in [0.4, 0.5) is 4.39 Å². The van der Waals surface area contributed by atoms with Crippen molar-refractivity contribution in [3.63, 3.8) is 0 Å². The summed E-state index contributed by atoms with van der Waals surface area (Å²) in [6.45, 7) is 9.90. The van der Waals surface area contributed by atoms with Crippen LogP contribution in [0.1, 0.15) is 31.3 Å². The van der Waals surface area contributed by atoms with E-state index in [2.05, 4.69) is 39.6 Å². The lowest BCUT2D eigenvalue weighted by Crippen LogP contribution is -2.49. The molecule has 9 heteroatoms. The number of aromatic nitrogens is 4. The van der Waals surface area contributed by atoms with Gasteiger partial charge in [-0.05, 0) is 41.0 Å². The second kappa shape index (κ2) is 9.89. The number of tetrazole rings is 1. The van der Waals surface area contributed by atoms with Crippen LogP contribution in [0.5, 0.6) is 0 Å². The van der Waals surface area contributed by atoms with Gasteiger partial charge in [-0.25, -0.2) is 9.07 Å². The van der Waals surface area contributed by atoms with Crippen LogP contribution in [0.3, 0.4) is 0 Å². The molecule has 1 aliphatic heterocycles. The molecule has 1 amide bonds. The Morgan fingerprint density at radius 3 is 2.93 bits per heavy atom. The normalized spacial score (nSPS) is 18.7. The van der Waals surface area contributed by atoms with Crippen LogP contribution in [0, 0.1) is 18.7 Å². The van der Waals surface area contributed by atoms with Crippen molar-refractivity contribution in [1.82, 2.24) is 30.4 Å². The number of hydrogen-bond donors (Lipinski definition) is 1. The minimum atomic E-state index is -0.665. The minimum absolute atomic E-state index is 0.0590. The highest BCUT2D eigenvalue weighted by Gasteiger charge is 2.27. The smallest absolute Gasteiger partial charge is 0.245 e. The lowest BCUT2D eigenvalue weighted by molar-refractivity contribution is -0.126. The summed E-state index contributed by atoms with van der Waals surface area (Å²) < 4.78 is 20.9. The van der Waals surface area contributed by atoms with Gasteiger partial charge in [-0.2, -0.15) is 0 Å². The second-order valence-electron chi connectivity index (χ2n) is 7.91. The number of carbonyl (C=O) groups is 1. The second-order valence-corrected chi connectivity index (χ2v) is 7.91. The molecule has 1 N–H and O–H groups in total. The fourth-order valence-corrected chi connectivity index (χ4v) is 3.62. The molecule has 158 valence electrons. The molecule has 1 aliphatic rings. The molecule has 0 bridgehead atoms. The maximum absolute atomic E-state index is 13.6. The molecule has 2 atom stereocenters. The molecule has 8 nitrogen and oxygen atoms in total. The fraction of sp³-hybridized carbons (Fsp3) is 0.600. The minimum Gasteiger partial charge on any atom is -0.374 e. The van der Waals surface area contributed by atoms with Gasteiger partial charge < -0.3 is 10.1 Å². The first-order chi connectivity index (χ1) is 13.9. The Hall–Kier alpha value is -2.39. The Balaban J connectivity index is 1.65. The quantitative estimate of drug-likeness (QED) is 0.716. The Labute approximate surface area is 170 Å². The van der Waals surface area contributed by atoms with Crippen molar-refractivity contribution in [2.75, 3.05) is 32.8 Å². The van der Waals surface area contributed by atoms with E-state index < -0.39 is 6.04 Å². The van der Waals surface area contributed by atoms with E-state index in [9.17, 15) is 9.18 Å². The van der Waals surface area contributed by atoms with E-state index in [0.29, 0.717) is 36.9 Å². The molecule has 0 saturated carbocycles. The maximum atomic E-state index is 13.6. The molecule has 2 aromatic rings. The van der Waals surface area contributed by atoms with Crippen molar-refractivity contribution in [1.29, 1.82) is 0 Å². The number of amides is 1. The molecule has 0 aliphatic carbocycles. The van der Waals surface area contributed by atoms with Crippen LogP contribution < -0.4 is 5.32 Å². The lowest BCUT2D eigenvalue weighted by Gasteiger charge is -2.34. The van der Waals surface area contributed by atoms with Gasteiger partial charge in [-0.15, -0.1) is 5.10 Å². The molecule has 0 radical (unpaired) electrons. The first-order valence-corrected chi connectivity index (χ1v) is 10.0. The number of nitrogens with one attached hydrogen (secondary N) is 1. The Morgan fingerprint density at radius 2 is 2.24 bits per heavy atom. The van der Waals surface area contributed by atoms with Crippen molar-refractivity contribution in [3.8, 4) is 0 Å². The number of ether oxygens (including phenoxy) is 1. The third-order valence-corrected chi connectivity index (χ3v) is 4.92. The SMILES string of the molecule is Cc1nnnn1[C@H](Cc1cccc(F)c1)C(=O)NC[C@@H]1CN(CC(C)C)CCO1. The standard InChI is InChI=1S/C20H29FN6O2/c1-14(2)12-26-7-8-29-18(13-26)11-22-20(28)19(27-15(3)23-24-25-27)10-16-5-4-6-17(21)9-16/h4-6,9,14,18-19H,7-8,10-13H2,1-3H3,(H,22,28)/t18-,19-/m1/s1. The van der Waals surface area contributed by atoms with Crippen LogP contribution in [-0.2, 0) is 16.0 Å². The van der Waals surface area contributed by atoms with Crippen LogP contribution in [0.2, 0.25) is 0 Å². The number of morpholine rings is 1. The largest absolute Gasteiger partial charge is 0.374 e. The molecule has 1 aromatic heterocycles. The third kappa shape index (κ3) is 6.04. The number of benzene rings is 1. The summed E-state index contributed by atoms with van der Waals surface area (Å²) in [4.78, 5) is 15.4. The average Bonchev–Trinajstić information content (AvgIpc) is 3.10. The summed E-state index contributed by atoms with van der Waals surface area (Å²) in [6.07, 6.45) is 0.233. The number of aryl methyl sites for hydroxylation is 1. The molecule has 1 saturated heterocycles. The Morgan fingerprint density at radius 1 is 1.41 bits per heavy atom.